The molecule has 0 spiro atoms. The number of fused-ring (bicyclic) bond motifs is 1. The highest BCUT2D eigenvalue weighted by atomic mass is 32.1. The highest BCUT2D eigenvalue weighted by Crippen LogP contribution is 2.33. The van der Waals surface area contributed by atoms with E-state index in [2.05, 4.69) is 24.8 Å². The van der Waals surface area contributed by atoms with E-state index >= 15 is 0 Å². The second-order valence-electron chi connectivity index (χ2n) is 7.41. The van der Waals surface area contributed by atoms with E-state index in [1.807, 2.05) is 6.07 Å². The number of benzene rings is 1. The molecule has 0 unspecified atom stereocenters. The van der Waals surface area contributed by atoms with Crippen molar-refractivity contribution < 1.29 is 19.3 Å². The van der Waals surface area contributed by atoms with Crippen molar-refractivity contribution in [3.05, 3.63) is 58.2 Å². The van der Waals surface area contributed by atoms with E-state index in [1.165, 1.54) is 17.7 Å². The van der Waals surface area contributed by atoms with Gasteiger partial charge in [0, 0.05) is 59.7 Å². The van der Waals surface area contributed by atoms with Gasteiger partial charge in [0.05, 0.1) is 41.7 Å². The summed E-state index contributed by atoms with van der Waals surface area (Å²) in [5, 5.41) is 22.6. The normalized spacial score (nSPS) is 14.2. The lowest BCUT2D eigenvalue weighted by molar-refractivity contribution is 0.122. The third-order valence-electron chi connectivity index (χ3n) is 5.37. The average Bonchev–Trinajstić information content (AvgIpc) is 3.28. The van der Waals surface area contributed by atoms with Gasteiger partial charge in [0.15, 0.2) is 0 Å². The average molecular weight is 453 g/mol. The minimum atomic E-state index is -0.585. The Bertz CT molecular complexity index is 1280. The van der Waals surface area contributed by atoms with Crippen LogP contribution in [0.4, 0.5) is 10.2 Å². The van der Waals surface area contributed by atoms with Crippen LogP contribution in [0, 0.1) is 5.82 Å². The lowest BCUT2D eigenvalue weighted by atomic mass is 10.0. The van der Waals surface area contributed by atoms with E-state index in [0.29, 0.717) is 52.5 Å². The second kappa shape index (κ2) is 8.73. The number of ether oxygens (including phenoxy) is 1. The SMILES string of the molecule is OCc1csc(Cc2cc(-c3ncnc4cc(N5CCOCC5)ncc34)c(F)cc2O)n1. The number of phenols is 1. The van der Waals surface area contributed by atoms with Crippen LogP contribution in [0.2, 0.25) is 0 Å². The van der Waals surface area contributed by atoms with Gasteiger partial charge >= 0.3 is 0 Å². The first-order chi connectivity index (χ1) is 15.6. The maximum Gasteiger partial charge on any atom is 0.136 e. The van der Waals surface area contributed by atoms with Crippen molar-refractivity contribution in [2.45, 2.75) is 13.0 Å². The van der Waals surface area contributed by atoms with E-state index in [1.54, 1.807) is 17.6 Å². The van der Waals surface area contributed by atoms with Gasteiger partial charge in [-0.05, 0) is 6.07 Å². The summed E-state index contributed by atoms with van der Waals surface area (Å²) in [6, 6.07) is 4.55. The molecule has 0 saturated carbocycles. The Labute approximate surface area is 187 Å². The van der Waals surface area contributed by atoms with Crippen LogP contribution in [0.3, 0.4) is 0 Å². The van der Waals surface area contributed by atoms with Crippen LogP contribution in [0.15, 0.2) is 36.1 Å². The van der Waals surface area contributed by atoms with Crippen LogP contribution in [0.1, 0.15) is 16.3 Å². The fourth-order valence-corrected chi connectivity index (χ4v) is 4.53. The molecule has 0 radical (unpaired) electrons. The summed E-state index contributed by atoms with van der Waals surface area (Å²) in [5.41, 5.74) is 2.41. The number of aliphatic hydroxyl groups excluding tert-OH is 1. The molecule has 0 aliphatic carbocycles. The topological polar surface area (TPSA) is 104 Å². The number of nitrogens with zero attached hydrogens (tertiary/aromatic N) is 5. The van der Waals surface area contributed by atoms with Gasteiger partial charge in [-0.25, -0.2) is 24.3 Å². The number of thiazole rings is 1. The lowest BCUT2D eigenvalue weighted by Crippen LogP contribution is -2.36. The van der Waals surface area contributed by atoms with E-state index in [9.17, 15) is 14.6 Å². The van der Waals surface area contributed by atoms with Crippen LogP contribution >= 0.6 is 11.3 Å². The fraction of sp³-hybridized carbons (Fsp3) is 0.273. The highest BCUT2D eigenvalue weighted by Gasteiger charge is 2.18. The Morgan fingerprint density at radius 2 is 1.97 bits per heavy atom. The molecule has 8 nitrogen and oxygen atoms in total. The molecule has 0 atom stereocenters. The Hall–Kier alpha value is -3.21. The third kappa shape index (κ3) is 3.99. The maximum absolute atomic E-state index is 14.9. The first-order valence-electron chi connectivity index (χ1n) is 10.1. The van der Waals surface area contributed by atoms with Crippen molar-refractivity contribution in [3.63, 3.8) is 0 Å². The van der Waals surface area contributed by atoms with Gasteiger partial charge in [-0.1, -0.05) is 0 Å². The monoisotopic (exact) mass is 453 g/mol. The summed E-state index contributed by atoms with van der Waals surface area (Å²) in [7, 11) is 0. The van der Waals surface area contributed by atoms with Crippen molar-refractivity contribution in [1.82, 2.24) is 19.9 Å². The van der Waals surface area contributed by atoms with Crippen LogP contribution in [0.5, 0.6) is 5.75 Å². The zero-order valence-electron chi connectivity index (χ0n) is 17.0. The standard InChI is InChI=1S/C22H20FN5O3S/c23-17-7-19(30)13(6-21-27-14(10-29)11-32-21)5-15(17)22-16-9-24-20(8-18(16)25-12-26-22)28-1-3-31-4-2-28/h5,7-9,11-12,29-30H,1-4,6,10H2. The molecular formula is C22H20FN5O3S. The maximum atomic E-state index is 14.9. The molecule has 4 aromatic rings. The van der Waals surface area contributed by atoms with Gasteiger partial charge in [0.1, 0.15) is 23.7 Å². The molecule has 4 heterocycles. The van der Waals surface area contributed by atoms with Gasteiger partial charge in [-0.15, -0.1) is 11.3 Å². The Morgan fingerprint density at radius 3 is 2.75 bits per heavy atom. The largest absolute Gasteiger partial charge is 0.508 e. The van der Waals surface area contributed by atoms with Crippen molar-refractivity contribution >= 4 is 28.1 Å². The summed E-state index contributed by atoms with van der Waals surface area (Å²) < 4.78 is 20.3. The minimum absolute atomic E-state index is 0.149. The molecule has 1 fully saturated rings. The Balaban J connectivity index is 1.53. The number of halogens is 1. The Morgan fingerprint density at radius 1 is 1.12 bits per heavy atom. The highest BCUT2D eigenvalue weighted by molar-refractivity contribution is 7.09. The molecular weight excluding hydrogens is 433 g/mol. The van der Waals surface area contributed by atoms with Gasteiger partial charge in [0.2, 0.25) is 0 Å². The number of aromatic nitrogens is 4. The molecule has 5 rings (SSSR count). The molecule has 0 bridgehead atoms. The predicted octanol–water partition coefficient (Wildman–Crippen LogP) is 2.91. The number of aliphatic hydroxyl groups is 1. The number of morpholine rings is 1. The van der Waals surface area contributed by atoms with Crippen molar-refractivity contribution in [3.8, 4) is 17.0 Å². The van der Waals surface area contributed by atoms with Crippen molar-refractivity contribution in [2.24, 2.45) is 0 Å². The summed E-state index contributed by atoms with van der Waals surface area (Å²) in [6.07, 6.45) is 3.38. The number of anilines is 1. The molecule has 1 saturated heterocycles. The summed E-state index contributed by atoms with van der Waals surface area (Å²) in [6.45, 7) is 2.65. The predicted molar refractivity (Wildman–Crippen MR) is 118 cm³/mol. The zero-order valence-corrected chi connectivity index (χ0v) is 17.8. The molecule has 10 heteroatoms. The number of phenolic OH excluding ortho intramolecular Hbond substituents is 1. The minimum Gasteiger partial charge on any atom is -0.508 e. The molecule has 32 heavy (non-hydrogen) atoms. The van der Waals surface area contributed by atoms with Crippen molar-refractivity contribution in [2.75, 3.05) is 31.2 Å². The van der Waals surface area contributed by atoms with E-state index in [0.717, 1.165) is 25.0 Å². The molecule has 1 aliphatic rings. The smallest absolute Gasteiger partial charge is 0.136 e. The number of pyridine rings is 1. The molecule has 2 N–H and O–H groups in total. The first kappa shape index (κ1) is 20.7. The van der Waals surface area contributed by atoms with Crippen LogP contribution in [-0.4, -0.2) is 56.5 Å². The molecule has 164 valence electrons. The third-order valence-corrected chi connectivity index (χ3v) is 6.27. The zero-order chi connectivity index (χ0) is 22.1. The lowest BCUT2D eigenvalue weighted by Gasteiger charge is -2.27. The number of hydrogen-bond acceptors (Lipinski definition) is 9. The Kier molecular flexibility index (Phi) is 5.64. The molecule has 3 aromatic heterocycles. The summed E-state index contributed by atoms with van der Waals surface area (Å²) in [5.74, 6) is 0.0533. The fourth-order valence-electron chi connectivity index (χ4n) is 3.72. The van der Waals surface area contributed by atoms with Crippen LogP contribution in [-0.2, 0) is 17.8 Å². The quantitative estimate of drug-likeness (QED) is 0.475. The van der Waals surface area contributed by atoms with E-state index in [-0.39, 0.29) is 17.9 Å². The number of rotatable bonds is 5. The molecule has 1 aromatic carbocycles. The number of hydrogen-bond donors (Lipinski definition) is 2. The van der Waals surface area contributed by atoms with Gasteiger partial charge in [-0.3, -0.25) is 0 Å². The van der Waals surface area contributed by atoms with E-state index in [4.69, 9.17) is 4.74 Å². The van der Waals surface area contributed by atoms with Gasteiger partial charge in [-0.2, -0.15) is 0 Å². The van der Waals surface area contributed by atoms with Gasteiger partial charge in [0.25, 0.3) is 0 Å². The molecule has 1 aliphatic heterocycles. The summed E-state index contributed by atoms with van der Waals surface area (Å²) >= 11 is 1.38. The second-order valence-corrected chi connectivity index (χ2v) is 8.35. The van der Waals surface area contributed by atoms with Crippen LogP contribution < -0.4 is 4.90 Å². The van der Waals surface area contributed by atoms with E-state index < -0.39 is 5.82 Å². The van der Waals surface area contributed by atoms with Crippen molar-refractivity contribution in [1.29, 1.82) is 0 Å². The number of aromatic hydroxyl groups is 1. The summed E-state index contributed by atoms with van der Waals surface area (Å²) in [4.78, 5) is 19.7. The van der Waals surface area contributed by atoms with Gasteiger partial charge < -0.3 is 19.8 Å². The first-order valence-corrected chi connectivity index (χ1v) is 11.0. The van der Waals surface area contributed by atoms with Crippen LogP contribution in [0.25, 0.3) is 22.2 Å². The molecule has 0 amide bonds.